The van der Waals surface area contributed by atoms with E-state index < -0.39 is 0 Å². The van der Waals surface area contributed by atoms with E-state index in [1.165, 1.54) is 11.1 Å². The molecule has 3 heteroatoms. The maximum absolute atomic E-state index is 5.98. The monoisotopic (exact) mass is 278 g/mol. The summed E-state index contributed by atoms with van der Waals surface area (Å²) in [5.41, 5.74) is 11.2. The summed E-state index contributed by atoms with van der Waals surface area (Å²) in [7, 11) is 0. The van der Waals surface area contributed by atoms with Crippen LogP contribution in [0, 0.1) is 13.8 Å². The molecule has 0 aliphatic carbocycles. The average Bonchev–Trinajstić information content (AvgIpc) is 2.46. The zero-order valence-electron chi connectivity index (χ0n) is 12.3. The van der Waals surface area contributed by atoms with Crippen LogP contribution < -0.4 is 10.5 Å². The van der Waals surface area contributed by atoms with Crippen LogP contribution in [0.4, 0.5) is 5.69 Å². The van der Waals surface area contributed by atoms with Crippen LogP contribution in [-0.2, 0) is 6.61 Å². The van der Waals surface area contributed by atoms with Gasteiger partial charge in [-0.3, -0.25) is 4.98 Å². The Labute approximate surface area is 124 Å². The van der Waals surface area contributed by atoms with Crippen LogP contribution in [0.1, 0.15) is 16.7 Å². The van der Waals surface area contributed by atoms with Gasteiger partial charge in [0, 0.05) is 17.3 Å². The zero-order valence-corrected chi connectivity index (χ0v) is 12.3. The Morgan fingerprint density at radius 1 is 1.05 bits per heavy atom. The summed E-state index contributed by atoms with van der Waals surface area (Å²) in [5.74, 6) is 0.763. The number of aromatic nitrogens is 1. The van der Waals surface area contributed by atoms with Crippen LogP contribution in [0.25, 0.3) is 10.9 Å². The summed E-state index contributed by atoms with van der Waals surface area (Å²) in [5, 5.41) is 0.926. The number of rotatable bonds is 3. The molecule has 0 aliphatic heterocycles. The maximum atomic E-state index is 5.98. The second kappa shape index (κ2) is 5.44. The van der Waals surface area contributed by atoms with Gasteiger partial charge in [-0.1, -0.05) is 29.3 Å². The molecule has 21 heavy (non-hydrogen) atoms. The first-order valence-electron chi connectivity index (χ1n) is 6.96. The van der Waals surface area contributed by atoms with Gasteiger partial charge in [0.2, 0.25) is 0 Å². The van der Waals surface area contributed by atoms with E-state index in [1.54, 1.807) is 6.20 Å². The van der Waals surface area contributed by atoms with E-state index in [1.807, 2.05) is 24.3 Å². The van der Waals surface area contributed by atoms with E-state index in [-0.39, 0.29) is 0 Å². The van der Waals surface area contributed by atoms with Gasteiger partial charge in [0.15, 0.2) is 0 Å². The molecule has 106 valence electrons. The highest BCUT2D eigenvalue weighted by atomic mass is 16.5. The van der Waals surface area contributed by atoms with Gasteiger partial charge in [-0.25, -0.2) is 0 Å². The lowest BCUT2D eigenvalue weighted by Crippen LogP contribution is -1.99. The number of aryl methyl sites for hydroxylation is 2. The molecule has 0 saturated heterocycles. The molecule has 2 N–H and O–H groups in total. The fraction of sp³-hybridized carbons (Fsp3) is 0.167. The summed E-state index contributed by atoms with van der Waals surface area (Å²) >= 11 is 0. The molecule has 0 aliphatic rings. The quantitative estimate of drug-likeness (QED) is 0.736. The number of ether oxygens (including phenoxy) is 1. The summed E-state index contributed by atoms with van der Waals surface area (Å²) in [4.78, 5) is 4.38. The normalized spacial score (nSPS) is 10.8. The first-order valence-corrected chi connectivity index (χ1v) is 6.96. The molecule has 2 aromatic carbocycles. The molecule has 0 bridgehead atoms. The van der Waals surface area contributed by atoms with Gasteiger partial charge >= 0.3 is 0 Å². The van der Waals surface area contributed by atoms with Crippen LogP contribution in [0.3, 0.4) is 0 Å². The number of nitrogens with zero attached hydrogens (tertiary/aromatic N) is 1. The van der Waals surface area contributed by atoms with Crippen molar-refractivity contribution in [3.63, 3.8) is 0 Å². The Hall–Kier alpha value is -2.55. The molecule has 0 spiro atoms. The number of nitrogen functional groups attached to an aromatic ring is 1. The first-order chi connectivity index (χ1) is 10.1. The van der Waals surface area contributed by atoms with E-state index >= 15 is 0 Å². The Bertz CT molecular complexity index is 776. The van der Waals surface area contributed by atoms with Crippen LogP contribution in [-0.4, -0.2) is 4.98 Å². The second-order valence-electron chi connectivity index (χ2n) is 5.34. The van der Waals surface area contributed by atoms with Gasteiger partial charge in [0.25, 0.3) is 0 Å². The molecule has 0 fully saturated rings. The van der Waals surface area contributed by atoms with Crippen LogP contribution >= 0.6 is 0 Å². The third-order valence-corrected chi connectivity index (χ3v) is 3.44. The lowest BCUT2D eigenvalue weighted by molar-refractivity contribution is 0.309. The van der Waals surface area contributed by atoms with Gasteiger partial charge in [0.05, 0.1) is 0 Å². The SMILES string of the molecule is Cc1cc(C)cc(COc2ccc(N)c3cccnc23)c1. The van der Waals surface area contributed by atoms with Gasteiger partial charge in [-0.05, 0) is 43.7 Å². The molecule has 0 saturated carbocycles. The van der Waals surface area contributed by atoms with Crippen LogP contribution in [0.2, 0.25) is 0 Å². The average molecular weight is 278 g/mol. The fourth-order valence-corrected chi connectivity index (χ4v) is 2.60. The van der Waals surface area contributed by atoms with E-state index in [2.05, 4.69) is 37.0 Å². The molecule has 3 nitrogen and oxygen atoms in total. The van der Waals surface area contributed by atoms with E-state index in [0.29, 0.717) is 6.61 Å². The number of nitrogens with two attached hydrogens (primary N) is 1. The fourth-order valence-electron chi connectivity index (χ4n) is 2.60. The number of anilines is 1. The minimum Gasteiger partial charge on any atom is -0.487 e. The van der Waals surface area contributed by atoms with Crippen molar-refractivity contribution in [2.24, 2.45) is 0 Å². The zero-order chi connectivity index (χ0) is 14.8. The van der Waals surface area contributed by atoms with Crippen molar-refractivity contribution in [3.8, 4) is 5.75 Å². The van der Waals surface area contributed by atoms with Gasteiger partial charge in [-0.15, -0.1) is 0 Å². The summed E-state index contributed by atoms with van der Waals surface area (Å²) in [6.07, 6.45) is 1.76. The lowest BCUT2D eigenvalue weighted by atomic mass is 10.1. The van der Waals surface area contributed by atoms with E-state index in [9.17, 15) is 0 Å². The topological polar surface area (TPSA) is 48.1 Å². The summed E-state index contributed by atoms with van der Waals surface area (Å²) in [6, 6.07) is 14.0. The predicted octanol–water partition coefficient (Wildman–Crippen LogP) is 4.01. The number of fused-ring (bicyclic) bond motifs is 1. The highest BCUT2D eigenvalue weighted by Crippen LogP contribution is 2.28. The number of benzene rings is 2. The van der Waals surface area contributed by atoms with Crippen molar-refractivity contribution in [1.29, 1.82) is 0 Å². The van der Waals surface area contributed by atoms with Gasteiger partial charge in [0.1, 0.15) is 17.9 Å². The molecule has 1 heterocycles. The third-order valence-electron chi connectivity index (χ3n) is 3.44. The van der Waals surface area contributed by atoms with Gasteiger partial charge in [-0.2, -0.15) is 0 Å². The molecule has 3 rings (SSSR count). The van der Waals surface area contributed by atoms with Crippen molar-refractivity contribution < 1.29 is 4.74 Å². The van der Waals surface area contributed by atoms with Crippen molar-refractivity contribution >= 4 is 16.6 Å². The van der Waals surface area contributed by atoms with Gasteiger partial charge < -0.3 is 10.5 Å². The maximum Gasteiger partial charge on any atom is 0.146 e. The van der Waals surface area contributed by atoms with Crippen LogP contribution in [0.5, 0.6) is 5.75 Å². The van der Waals surface area contributed by atoms with E-state index in [0.717, 1.165) is 27.9 Å². The molecule has 0 amide bonds. The molecular formula is C18H18N2O. The Balaban J connectivity index is 1.90. The van der Waals surface area contributed by atoms with Crippen molar-refractivity contribution in [3.05, 3.63) is 65.4 Å². The predicted molar refractivity (Wildman–Crippen MR) is 86.4 cm³/mol. The van der Waals surface area contributed by atoms with E-state index in [4.69, 9.17) is 10.5 Å². The van der Waals surface area contributed by atoms with Crippen molar-refractivity contribution in [2.75, 3.05) is 5.73 Å². The smallest absolute Gasteiger partial charge is 0.146 e. The second-order valence-corrected chi connectivity index (χ2v) is 5.34. The summed E-state index contributed by atoms with van der Waals surface area (Å²) in [6.45, 7) is 4.71. The minimum absolute atomic E-state index is 0.526. The number of hydrogen-bond donors (Lipinski definition) is 1. The van der Waals surface area contributed by atoms with Crippen molar-refractivity contribution in [1.82, 2.24) is 4.98 Å². The Morgan fingerprint density at radius 3 is 2.57 bits per heavy atom. The Kier molecular flexibility index (Phi) is 3.48. The molecule has 0 radical (unpaired) electrons. The number of hydrogen-bond acceptors (Lipinski definition) is 3. The molecular weight excluding hydrogens is 260 g/mol. The largest absolute Gasteiger partial charge is 0.487 e. The number of pyridine rings is 1. The first kappa shape index (κ1) is 13.4. The third kappa shape index (κ3) is 2.82. The minimum atomic E-state index is 0.526. The van der Waals surface area contributed by atoms with Crippen LogP contribution in [0.15, 0.2) is 48.7 Å². The standard InChI is InChI=1S/C18H18N2O/c1-12-8-13(2)10-14(9-12)11-21-17-6-5-16(19)15-4-3-7-20-18(15)17/h3-10H,11,19H2,1-2H3. The highest BCUT2D eigenvalue weighted by Gasteiger charge is 2.06. The Morgan fingerprint density at radius 2 is 1.81 bits per heavy atom. The molecule has 1 aromatic heterocycles. The molecule has 3 aromatic rings. The highest BCUT2D eigenvalue weighted by molar-refractivity contribution is 5.94. The van der Waals surface area contributed by atoms with Crippen molar-refractivity contribution in [2.45, 2.75) is 20.5 Å². The molecule has 0 unspecified atom stereocenters. The lowest BCUT2D eigenvalue weighted by Gasteiger charge is -2.11. The molecule has 0 atom stereocenters. The summed E-state index contributed by atoms with van der Waals surface area (Å²) < 4.78 is 5.95.